The van der Waals surface area contributed by atoms with E-state index in [1.165, 1.54) is 0 Å². The van der Waals surface area contributed by atoms with E-state index in [0.717, 1.165) is 6.42 Å². The highest BCUT2D eigenvalue weighted by Gasteiger charge is 2.16. The number of carbonyl (C=O) groups is 2. The molecule has 0 aliphatic carbocycles. The van der Waals surface area contributed by atoms with Gasteiger partial charge in [0.1, 0.15) is 0 Å². The van der Waals surface area contributed by atoms with Crippen molar-refractivity contribution in [3.8, 4) is 0 Å². The van der Waals surface area contributed by atoms with Crippen molar-refractivity contribution in [3.63, 3.8) is 0 Å². The topological polar surface area (TPSA) is 80.4 Å². The van der Waals surface area contributed by atoms with Crippen LogP contribution < -0.4 is 5.73 Å². The Bertz CT molecular complexity index is 230. The van der Waals surface area contributed by atoms with Gasteiger partial charge in [-0.05, 0) is 12.8 Å². The van der Waals surface area contributed by atoms with Crippen LogP contribution in [-0.4, -0.2) is 17.0 Å². The molecule has 80 valence electrons. The minimum atomic E-state index is -1.03. The third-order valence-corrected chi connectivity index (χ3v) is 1.92. The van der Waals surface area contributed by atoms with Gasteiger partial charge in [0.25, 0.3) is 0 Å². The van der Waals surface area contributed by atoms with Crippen molar-refractivity contribution < 1.29 is 14.7 Å². The molecule has 0 aromatic rings. The number of nitrogens with two attached hydrogens (primary N) is 1. The highest BCUT2D eigenvalue weighted by Crippen LogP contribution is 2.16. The maximum atomic E-state index is 11.0. The summed E-state index contributed by atoms with van der Waals surface area (Å²) in [6.07, 6.45) is 2.26. The fourth-order valence-electron chi connectivity index (χ4n) is 1.31. The Balaban J connectivity index is 5.03. The summed E-state index contributed by atoms with van der Waals surface area (Å²) in [5.74, 6) is -1.65. The summed E-state index contributed by atoms with van der Waals surface area (Å²) in [5, 5.41) is 8.88. The van der Waals surface area contributed by atoms with Crippen molar-refractivity contribution in [3.05, 3.63) is 11.1 Å². The van der Waals surface area contributed by atoms with Crippen molar-refractivity contribution >= 4 is 11.9 Å². The summed E-state index contributed by atoms with van der Waals surface area (Å²) in [5.41, 5.74) is 5.57. The Kier molecular flexibility index (Phi) is 5.60. The molecule has 0 aromatic carbocycles. The molecule has 0 aliphatic rings. The molecule has 0 unspecified atom stereocenters. The van der Waals surface area contributed by atoms with E-state index in [0.29, 0.717) is 19.3 Å². The number of rotatable bonds is 6. The second kappa shape index (κ2) is 6.18. The van der Waals surface area contributed by atoms with Gasteiger partial charge in [-0.1, -0.05) is 26.7 Å². The summed E-state index contributed by atoms with van der Waals surface area (Å²) in [6.45, 7) is 3.75. The summed E-state index contributed by atoms with van der Waals surface area (Å²) in [4.78, 5) is 21.9. The van der Waals surface area contributed by atoms with Gasteiger partial charge in [-0.25, -0.2) is 4.79 Å². The zero-order valence-corrected chi connectivity index (χ0v) is 8.67. The molecule has 0 saturated carbocycles. The monoisotopic (exact) mass is 199 g/mol. The number of primary amides is 1. The van der Waals surface area contributed by atoms with E-state index >= 15 is 0 Å². The molecule has 0 saturated heterocycles. The van der Waals surface area contributed by atoms with Gasteiger partial charge in [-0.2, -0.15) is 0 Å². The second-order valence-corrected chi connectivity index (χ2v) is 3.13. The Morgan fingerprint density at radius 3 is 1.79 bits per heavy atom. The van der Waals surface area contributed by atoms with E-state index in [4.69, 9.17) is 10.8 Å². The van der Waals surface area contributed by atoms with Gasteiger partial charge in [0.15, 0.2) is 0 Å². The molecular weight excluding hydrogens is 182 g/mol. The normalized spacial score (nSPS) is 12.1. The summed E-state index contributed by atoms with van der Waals surface area (Å²) in [6, 6.07) is 0. The molecule has 0 spiro atoms. The molecule has 0 rings (SSSR count). The molecule has 4 heteroatoms. The van der Waals surface area contributed by atoms with Gasteiger partial charge in [-0.3, -0.25) is 4.79 Å². The summed E-state index contributed by atoms with van der Waals surface area (Å²) < 4.78 is 0. The van der Waals surface area contributed by atoms with Gasteiger partial charge < -0.3 is 10.8 Å². The first kappa shape index (κ1) is 12.7. The lowest BCUT2D eigenvalue weighted by molar-refractivity contribution is -0.133. The lowest BCUT2D eigenvalue weighted by Gasteiger charge is -2.07. The number of carboxylic acid groups (broad SMARTS) is 1. The molecule has 0 fully saturated rings. The zero-order valence-electron chi connectivity index (χ0n) is 8.67. The predicted molar refractivity (Wildman–Crippen MR) is 53.7 cm³/mol. The van der Waals surface area contributed by atoms with Crippen LogP contribution in [0.4, 0.5) is 0 Å². The van der Waals surface area contributed by atoms with Crippen LogP contribution in [0.3, 0.4) is 0 Å². The maximum absolute atomic E-state index is 11.0. The number of carboxylic acids is 1. The van der Waals surface area contributed by atoms with E-state index in [1.807, 2.05) is 13.8 Å². The second-order valence-electron chi connectivity index (χ2n) is 3.13. The fraction of sp³-hybridized carbons (Fsp3) is 0.600. The highest BCUT2D eigenvalue weighted by molar-refractivity contribution is 6.01. The van der Waals surface area contributed by atoms with E-state index in [1.54, 1.807) is 0 Å². The Labute approximate surface area is 83.8 Å². The number of hydrogen-bond acceptors (Lipinski definition) is 2. The van der Waals surface area contributed by atoms with Gasteiger partial charge in [-0.15, -0.1) is 0 Å². The molecule has 0 aromatic heterocycles. The lowest BCUT2D eigenvalue weighted by atomic mass is 9.99. The first-order chi connectivity index (χ1) is 6.54. The van der Waals surface area contributed by atoms with Gasteiger partial charge in [0, 0.05) is 11.1 Å². The third-order valence-electron chi connectivity index (χ3n) is 1.92. The Morgan fingerprint density at radius 1 is 1.07 bits per heavy atom. The minimum absolute atomic E-state index is 0.168. The molecule has 3 N–H and O–H groups in total. The molecule has 0 aliphatic heterocycles. The van der Waals surface area contributed by atoms with Gasteiger partial charge >= 0.3 is 5.97 Å². The predicted octanol–water partition coefficient (Wildman–Crippen LogP) is 1.45. The van der Waals surface area contributed by atoms with Gasteiger partial charge in [0.2, 0.25) is 5.91 Å². The van der Waals surface area contributed by atoms with E-state index < -0.39 is 11.9 Å². The molecule has 0 bridgehead atoms. The SMILES string of the molecule is CCC/C(C(N)=O)=C(\CCC)C(=O)O. The van der Waals surface area contributed by atoms with E-state index in [9.17, 15) is 9.59 Å². The van der Waals surface area contributed by atoms with Crippen molar-refractivity contribution in [2.24, 2.45) is 5.73 Å². The average molecular weight is 199 g/mol. The Morgan fingerprint density at radius 2 is 1.50 bits per heavy atom. The quantitative estimate of drug-likeness (QED) is 0.635. The van der Waals surface area contributed by atoms with Crippen molar-refractivity contribution in [2.75, 3.05) is 0 Å². The summed E-state index contributed by atoms with van der Waals surface area (Å²) >= 11 is 0. The smallest absolute Gasteiger partial charge is 0.332 e. The van der Waals surface area contributed by atoms with Crippen LogP contribution in [0.25, 0.3) is 0 Å². The lowest BCUT2D eigenvalue weighted by Crippen LogP contribution is -2.19. The molecule has 1 amide bonds. The van der Waals surface area contributed by atoms with Crippen LogP contribution in [0.2, 0.25) is 0 Å². The molecule has 0 radical (unpaired) electrons. The van der Waals surface area contributed by atoms with Crippen LogP contribution in [0.5, 0.6) is 0 Å². The standard InChI is InChI=1S/C10H17NO3/c1-3-5-7(9(11)12)8(6-4-2)10(13)14/h3-6H2,1-2H3,(H2,11,12)(H,13,14)/b8-7-. The molecule has 14 heavy (non-hydrogen) atoms. The van der Waals surface area contributed by atoms with Crippen LogP contribution in [-0.2, 0) is 9.59 Å². The average Bonchev–Trinajstić information content (AvgIpc) is 2.10. The highest BCUT2D eigenvalue weighted by atomic mass is 16.4. The Hall–Kier alpha value is -1.32. The number of hydrogen-bond donors (Lipinski definition) is 2. The number of carbonyl (C=O) groups excluding carboxylic acids is 1. The van der Waals surface area contributed by atoms with Crippen LogP contribution in [0.1, 0.15) is 39.5 Å². The molecular formula is C10H17NO3. The largest absolute Gasteiger partial charge is 0.478 e. The van der Waals surface area contributed by atoms with Crippen LogP contribution in [0.15, 0.2) is 11.1 Å². The molecule has 0 atom stereocenters. The van der Waals surface area contributed by atoms with Crippen LogP contribution in [0, 0.1) is 0 Å². The first-order valence-electron chi connectivity index (χ1n) is 4.79. The zero-order chi connectivity index (χ0) is 11.1. The van der Waals surface area contributed by atoms with Crippen molar-refractivity contribution in [1.29, 1.82) is 0 Å². The van der Waals surface area contributed by atoms with Crippen molar-refractivity contribution in [1.82, 2.24) is 0 Å². The van der Waals surface area contributed by atoms with Gasteiger partial charge in [0.05, 0.1) is 0 Å². The van der Waals surface area contributed by atoms with E-state index in [2.05, 4.69) is 0 Å². The number of aliphatic carboxylic acids is 1. The van der Waals surface area contributed by atoms with E-state index in [-0.39, 0.29) is 11.1 Å². The maximum Gasteiger partial charge on any atom is 0.332 e. The number of amides is 1. The molecule has 0 heterocycles. The summed E-state index contributed by atoms with van der Waals surface area (Å²) in [7, 11) is 0. The first-order valence-corrected chi connectivity index (χ1v) is 4.79. The molecule has 4 nitrogen and oxygen atoms in total. The third kappa shape index (κ3) is 3.60. The van der Waals surface area contributed by atoms with Crippen LogP contribution >= 0.6 is 0 Å². The fourth-order valence-corrected chi connectivity index (χ4v) is 1.31. The minimum Gasteiger partial charge on any atom is -0.478 e. The van der Waals surface area contributed by atoms with Crippen molar-refractivity contribution in [2.45, 2.75) is 39.5 Å².